The van der Waals surface area contributed by atoms with Gasteiger partial charge in [-0.05, 0) is 12.8 Å². The fourth-order valence-corrected chi connectivity index (χ4v) is 1.34. The Kier molecular flexibility index (Phi) is 6.84. The molecule has 0 saturated heterocycles. The van der Waals surface area contributed by atoms with E-state index in [0.29, 0.717) is 0 Å². The number of aliphatic hydroxyl groups is 1. The molecule has 19 heavy (non-hydrogen) atoms. The van der Waals surface area contributed by atoms with Gasteiger partial charge in [-0.2, -0.15) is 0 Å². The lowest BCUT2D eigenvalue weighted by atomic mass is 10.1. The molecule has 0 aliphatic rings. The number of carboxylic acid groups (broad SMARTS) is 1. The number of nitrogens with one attached hydrogen (secondary N) is 2. The highest BCUT2D eigenvalue weighted by Gasteiger charge is 2.29. The lowest BCUT2D eigenvalue weighted by molar-refractivity contribution is -0.144. The van der Waals surface area contributed by atoms with Gasteiger partial charge in [0.25, 0.3) is 0 Å². The fraction of sp³-hybridized carbons (Fsp3) is 0.727. The first-order chi connectivity index (χ1) is 8.70. The van der Waals surface area contributed by atoms with Gasteiger partial charge < -0.3 is 25.6 Å². The molecule has 8 heteroatoms. The van der Waals surface area contributed by atoms with Crippen LogP contribution in [0.2, 0.25) is 0 Å². The molecule has 0 heterocycles. The summed E-state index contributed by atoms with van der Waals surface area (Å²) in [6.07, 6.45) is -1.26. The highest BCUT2D eigenvalue weighted by Crippen LogP contribution is 2.03. The van der Waals surface area contributed by atoms with Gasteiger partial charge in [-0.25, -0.2) is 14.4 Å². The minimum absolute atomic E-state index is 0.229. The second kappa shape index (κ2) is 7.57. The number of rotatable bonds is 6. The zero-order chi connectivity index (χ0) is 15.2. The average Bonchev–Trinajstić information content (AvgIpc) is 2.30. The summed E-state index contributed by atoms with van der Waals surface area (Å²) in [6.45, 7) is 4.63. The molecule has 0 bridgehead atoms. The van der Waals surface area contributed by atoms with Crippen LogP contribution in [0.15, 0.2) is 0 Å². The molecule has 0 aromatic rings. The first kappa shape index (κ1) is 17.2. The molecule has 4 N–H and O–H groups in total. The van der Waals surface area contributed by atoms with Crippen molar-refractivity contribution in [1.82, 2.24) is 10.6 Å². The van der Waals surface area contributed by atoms with Gasteiger partial charge in [0.15, 0.2) is 6.04 Å². The Labute approximate surface area is 111 Å². The molecule has 2 amide bonds. The summed E-state index contributed by atoms with van der Waals surface area (Å²) in [4.78, 5) is 33.8. The number of hydrogen-bond acceptors (Lipinski definition) is 5. The molecule has 110 valence electrons. The Morgan fingerprint density at radius 3 is 1.84 bits per heavy atom. The fourth-order valence-electron chi connectivity index (χ4n) is 1.34. The molecule has 3 unspecified atom stereocenters. The van der Waals surface area contributed by atoms with Gasteiger partial charge >= 0.3 is 18.0 Å². The number of aliphatic carboxylic acids is 1. The number of aliphatic hydroxyl groups excluding tert-OH is 1. The average molecular weight is 276 g/mol. The van der Waals surface area contributed by atoms with Crippen LogP contribution in [-0.2, 0) is 14.3 Å². The number of carbonyl (C=O) groups is 3. The second-order valence-electron chi connectivity index (χ2n) is 4.42. The number of hydrogen-bond donors (Lipinski definition) is 4. The van der Waals surface area contributed by atoms with E-state index in [0.717, 1.165) is 0 Å². The maximum absolute atomic E-state index is 11.6. The van der Waals surface area contributed by atoms with Crippen molar-refractivity contribution < 1.29 is 29.3 Å². The van der Waals surface area contributed by atoms with E-state index in [2.05, 4.69) is 15.4 Å². The Morgan fingerprint density at radius 1 is 1.05 bits per heavy atom. The summed E-state index contributed by atoms with van der Waals surface area (Å²) >= 11 is 0. The molecule has 0 aromatic heterocycles. The Balaban J connectivity index is 4.66. The third-order valence-corrected chi connectivity index (χ3v) is 2.44. The summed E-state index contributed by atoms with van der Waals surface area (Å²) in [6, 6.07) is -3.21. The second-order valence-corrected chi connectivity index (χ2v) is 4.42. The van der Waals surface area contributed by atoms with Crippen LogP contribution in [0, 0.1) is 5.92 Å². The minimum atomic E-state index is -1.45. The SMILES string of the molecule is COC(=O)C(NC(=O)NC(C(=O)O)C(C)O)C(C)C. The van der Waals surface area contributed by atoms with Gasteiger partial charge in [-0.1, -0.05) is 13.8 Å². The zero-order valence-electron chi connectivity index (χ0n) is 11.3. The van der Waals surface area contributed by atoms with Crippen molar-refractivity contribution in [3.63, 3.8) is 0 Å². The molecule has 3 atom stereocenters. The van der Waals surface area contributed by atoms with Crippen molar-refractivity contribution in [3.05, 3.63) is 0 Å². The molecule has 0 radical (unpaired) electrons. The van der Waals surface area contributed by atoms with E-state index in [4.69, 9.17) is 5.11 Å². The molecular formula is C11H20N2O6. The van der Waals surface area contributed by atoms with Crippen LogP contribution in [0.25, 0.3) is 0 Å². The van der Waals surface area contributed by atoms with Crippen molar-refractivity contribution >= 4 is 18.0 Å². The van der Waals surface area contributed by atoms with Gasteiger partial charge in [0.1, 0.15) is 6.04 Å². The van der Waals surface area contributed by atoms with Crippen LogP contribution in [0.1, 0.15) is 20.8 Å². The number of carboxylic acids is 1. The van der Waals surface area contributed by atoms with E-state index >= 15 is 0 Å². The molecule has 0 aliphatic carbocycles. The number of methoxy groups -OCH3 is 1. The van der Waals surface area contributed by atoms with Crippen molar-refractivity contribution in [2.24, 2.45) is 5.92 Å². The maximum Gasteiger partial charge on any atom is 0.328 e. The highest BCUT2D eigenvalue weighted by atomic mass is 16.5. The van der Waals surface area contributed by atoms with Crippen LogP contribution in [-0.4, -0.2) is 53.5 Å². The zero-order valence-corrected chi connectivity index (χ0v) is 11.3. The van der Waals surface area contributed by atoms with Crippen LogP contribution >= 0.6 is 0 Å². The topological polar surface area (TPSA) is 125 Å². The van der Waals surface area contributed by atoms with Crippen molar-refractivity contribution in [2.45, 2.75) is 39.0 Å². The van der Waals surface area contributed by atoms with E-state index in [-0.39, 0.29) is 5.92 Å². The number of esters is 1. The van der Waals surface area contributed by atoms with Gasteiger partial charge in [0, 0.05) is 0 Å². The van der Waals surface area contributed by atoms with E-state index in [1.54, 1.807) is 13.8 Å². The predicted octanol–water partition coefficient (Wildman–Crippen LogP) is -0.683. The quantitative estimate of drug-likeness (QED) is 0.476. The van der Waals surface area contributed by atoms with Crippen molar-refractivity contribution in [3.8, 4) is 0 Å². The Bertz CT molecular complexity index is 342. The summed E-state index contributed by atoms with van der Waals surface area (Å²) in [5, 5.41) is 22.4. The summed E-state index contributed by atoms with van der Waals surface area (Å²) < 4.78 is 4.53. The third-order valence-electron chi connectivity index (χ3n) is 2.44. The van der Waals surface area contributed by atoms with Crippen LogP contribution in [0.3, 0.4) is 0 Å². The van der Waals surface area contributed by atoms with E-state index in [1.807, 2.05) is 0 Å². The smallest absolute Gasteiger partial charge is 0.328 e. The first-order valence-corrected chi connectivity index (χ1v) is 5.76. The lowest BCUT2D eigenvalue weighted by Crippen LogP contribution is -2.55. The molecule has 0 fully saturated rings. The number of urea groups is 1. The maximum atomic E-state index is 11.6. The molecule has 0 aromatic carbocycles. The monoisotopic (exact) mass is 276 g/mol. The molecule has 0 saturated carbocycles. The minimum Gasteiger partial charge on any atom is -0.480 e. The van der Waals surface area contributed by atoms with E-state index in [9.17, 15) is 19.5 Å². The lowest BCUT2D eigenvalue weighted by Gasteiger charge is -2.22. The van der Waals surface area contributed by atoms with E-state index in [1.165, 1.54) is 14.0 Å². The molecule has 8 nitrogen and oxygen atoms in total. The third kappa shape index (κ3) is 5.56. The molecule has 0 spiro atoms. The normalized spacial score (nSPS) is 15.3. The van der Waals surface area contributed by atoms with Gasteiger partial charge in [0.2, 0.25) is 0 Å². The molecular weight excluding hydrogens is 256 g/mol. The van der Waals surface area contributed by atoms with Crippen LogP contribution in [0.4, 0.5) is 4.79 Å². The Hall–Kier alpha value is -1.83. The van der Waals surface area contributed by atoms with Crippen LogP contribution in [0.5, 0.6) is 0 Å². The van der Waals surface area contributed by atoms with Gasteiger partial charge in [-0.15, -0.1) is 0 Å². The molecule has 0 aliphatic heterocycles. The van der Waals surface area contributed by atoms with Crippen molar-refractivity contribution in [1.29, 1.82) is 0 Å². The Morgan fingerprint density at radius 2 is 1.53 bits per heavy atom. The molecule has 0 rings (SSSR count). The number of amides is 2. The number of ether oxygens (including phenoxy) is 1. The van der Waals surface area contributed by atoms with Gasteiger partial charge in [-0.3, -0.25) is 0 Å². The standard InChI is InChI=1S/C11H20N2O6/c1-5(2)7(10(17)19-4)12-11(18)13-8(6(3)14)9(15)16/h5-8,14H,1-4H3,(H,15,16)(H2,12,13,18). The highest BCUT2D eigenvalue weighted by molar-refractivity contribution is 5.86. The summed E-state index contributed by atoms with van der Waals surface area (Å²) in [5.74, 6) is -2.23. The summed E-state index contributed by atoms with van der Waals surface area (Å²) in [5.41, 5.74) is 0. The largest absolute Gasteiger partial charge is 0.480 e. The number of carbonyl (C=O) groups excluding carboxylic acids is 2. The van der Waals surface area contributed by atoms with Crippen molar-refractivity contribution in [2.75, 3.05) is 7.11 Å². The first-order valence-electron chi connectivity index (χ1n) is 5.76. The van der Waals surface area contributed by atoms with Gasteiger partial charge in [0.05, 0.1) is 13.2 Å². The summed E-state index contributed by atoms with van der Waals surface area (Å²) in [7, 11) is 1.19. The van der Waals surface area contributed by atoms with Crippen LogP contribution < -0.4 is 10.6 Å². The van der Waals surface area contributed by atoms with E-state index < -0.39 is 36.2 Å². The predicted molar refractivity (Wildman–Crippen MR) is 65.4 cm³/mol.